The van der Waals surface area contributed by atoms with Gasteiger partial charge in [-0.15, -0.1) is 10.2 Å². The minimum absolute atomic E-state index is 0.345. The summed E-state index contributed by atoms with van der Waals surface area (Å²) in [5.74, 6) is 1.30. The van der Waals surface area contributed by atoms with Crippen LogP contribution in [0, 0.1) is 0 Å². The number of carbonyl (C=O) groups is 1. The number of aromatic nitrogens is 2. The van der Waals surface area contributed by atoms with Crippen LogP contribution in [0.25, 0.3) is 0 Å². The monoisotopic (exact) mass is 216 g/mol. The van der Waals surface area contributed by atoms with Crippen molar-refractivity contribution in [2.75, 3.05) is 5.75 Å². The first-order chi connectivity index (χ1) is 6.33. The van der Waals surface area contributed by atoms with Crippen molar-refractivity contribution in [1.82, 2.24) is 10.2 Å². The summed E-state index contributed by atoms with van der Waals surface area (Å²) in [5.41, 5.74) is 1.72. The molecule has 0 aliphatic rings. The number of Topliss-reactive ketones (excluding diaryl/α,β-unsaturated/α-hetero) is 1. The average Bonchev–Trinajstić information content (AvgIpc) is 2.64. The second-order valence-corrected chi connectivity index (χ2v) is 4.72. The first-order valence-corrected chi connectivity index (χ1v) is 6.10. The van der Waals surface area contributed by atoms with Crippen LogP contribution in [0.15, 0.2) is 9.85 Å². The smallest absolute Gasteiger partial charge is 0.174 e. The summed E-state index contributed by atoms with van der Waals surface area (Å²) in [6, 6.07) is 0. The summed E-state index contributed by atoms with van der Waals surface area (Å²) >= 11 is 3.22. The Morgan fingerprint density at radius 1 is 1.69 bits per heavy atom. The standard InChI is InChI=1S/C8H12N2OS2/c1-2-7(11)4-3-5-12-8-10-9-6-13-8/h6H,2-5H2,1H3. The van der Waals surface area contributed by atoms with Gasteiger partial charge in [-0.1, -0.05) is 30.0 Å². The van der Waals surface area contributed by atoms with Crippen molar-refractivity contribution >= 4 is 28.9 Å². The first kappa shape index (κ1) is 10.7. The van der Waals surface area contributed by atoms with Gasteiger partial charge >= 0.3 is 0 Å². The predicted octanol–water partition coefficient (Wildman–Crippen LogP) is 2.39. The average molecular weight is 216 g/mol. The highest BCUT2D eigenvalue weighted by atomic mass is 32.2. The normalized spacial score (nSPS) is 10.2. The quantitative estimate of drug-likeness (QED) is 0.541. The van der Waals surface area contributed by atoms with Crippen molar-refractivity contribution in [3.05, 3.63) is 5.51 Å². The number of thioether (sulfide) groups is 1. The highest BCUT2D eigenvalue weighted by Crippen LogP contribution is 2.20. The van der Waals surface area contributed by atoms with E-state index in [-0.39, 0.29) is 0 Å². The molecule has 5 heteroatoms. The highest BCUT2D eigenvalue weighted by Gasteiger charge is 2.00. The van der Waals surface area contributed by atoms with Gasteiger partial charge in [0.05, 0.1) is 0 Å². The number of rotatable bonds is 6. The van der Waals surface area contributed by atoms with E-state index in [0.29, 0.717) is 18.6 Å². The van der Waals surface area contributed by atoms with E-state index in [1.165, 1.54) is 0 Å². The van der Waals surface area contributed by atoms with Crippen LogP contribution < -0.4 is 0 Å². The minimum atomic E-state index is 0.345. The Bertz CT molecular complexity index is 249. The van der Waals surface area contributed by atoms with Gasteiger partial charge in [0.15, 0.2) is 4.34 Å². The Labute approximate surface area is 86.0 Å². The second kappa shape index (κ2) is 6.10. The molecule has 0 unspecified atom stereocenters. The van der Waals surface area contributed by atoms with Gasteiger partial charge in [0.2, 0.25) is 0 Å². The molecule has 0 saturated heterocycles. The molecule has 0 saturated carbocycles. The lowest BCUT2D eigenvalue weighted by atomic mass is 10.2. The van der Waals surface area contributed by atoms with Crippen molar-refractivity contribution in [1.29, 1.82) is 0 Å². The maximum absolute atomic E-state index is 10.9. The molecule has 0 aromatic carbocycles. The maximum Gasteiger partial charge on any atom is 0.174 e. The number of nitrogens with zero attached hydrogens (tertiary/aromatic N) is 2. The fourth-order valence-electron chi connectivity index (χ4n) is 0.831. The summed E-state index contributed by atoms with van der Waals surface area (Å²) in [5, 5.41) is 7.63. The van der Waals surface area contributed by atoms with Gasteiger partial charge in [0.25, 0.3) is 0 Å². The zero-order chi connectivity index (χ0) is 9.52. The number of hydrogen-bond donors (Lipinski definition) is 0. The van der Waals surface area contributed by atoms with E-state index in [2.05, 4.69) is 10.2 Å². The molecule has 0 aliphatic heterocycles. The molecule has 0 fully saturated rings. The van der Waals surface area contributed by atoms with E-state index >= 15 is 0 Å². The lowest BCUT2D eigenvalue weighted by Crippen LogP contribution is -1.95. The third kappa shape index (κ3) is 4.38. The lowest BCUT2D eigenvalue weighted by Gasteiger charge is -1.96. The number of hydrogen-bond acceptors (Lipinski definition) is 5. The van der Waals surface area contributed by atoms with Crippen molar-refractivity contribution < 1.29 is 4.79 Å². The molecule has 13 heavy (non-hydrogen) atoms. The summed E-state index contributed by atoms with van der Waals surface area (Å²) in [4.78, 5) is 10.9. The molecule has 0 radical (unpaired) electrons. The van der Waals surface area contributed by atoms with Crippen molar-refractivity contribution in [3.8, 4) is 0 Å². The maximum atomic E-state index is 10.9. The number of carbonyl (C=O) groups excluding carboxylic acids is 1. The summed E-state index contributed by atoms with van der Waals surface area (Å²) < 4.78 is 0.990. The molecule has 0 amide bonds. The Kier molecular flexibility index (Phi) is 5.00. The zero-order valence-corrected chi connectivity index (χ0v) is 9.16. The van der Waals surface area contributed by atoms with Gasteiger partial charge in [-0.05, 0) is 6.42 Å². The van der Waals surface area contributed by atoms with Gasteiger partial charge in [0, 0.05) is 18.6 Å². The minimum Gasteiger partial charge on any atom is -0.300 e. The number of ketones is 1. The Morgan fingerprint density at radius 3 is 3.15 bits per heavy atom. The molecule has 1 aromatic rings. The molecule has 1 aromatic heterocycles. The Morgan fingerprint density at radius 2 is 2.54 bits per heavy atom. The topological polar surface area (TPSA) is 42.9 Å². The van der Waals surface area contributed by atoms with Crippen LogP contribution in [-0.4, -0.2) is 21.7 Å². The molecule has 0 atom stereocenters. The molecule has 0 bridgehead atoms. The van der Waals surface area contributed by atoms with Crippen LogP contribution in [0.2, 0.25) is 0 Å². The molecule has 3 nitrogen and oxygen atoms in total. The summed E-state index contributed by atoms with van der Waals surface area (Å²) in [7, 11) is 0. The molecule has 72 valence electrons. The van der Waals surface area contributed by atoms with Crippen LogP contribution in [0.3, 0.4) is 0 Å². The van der Waals surface area contributed by atoms with Crippen LogP contribution in [0.4, 0.5) is 0 Å². The fraction of sp³-hybridized carbons (Fsp3) is 0.625. The first-order valence-electron chi connectivity index (χ1n) is 4.23. The van der Waals surface area contributed by atoms with E-state index in [0.717, 1.165) is 16.5 Å². The van der Waals surface area contributed by atoms with E-state index < -0.39 is 0 Å². The molecule has 0 spiro atoms. The van der Waals surface area contributed by atoms with Gasteiger partial charge in [-0.2, -0.15) is 0 Å². The zero-order valence-electron chi connectivity index (χ0n) is 7.52. The van der Waals surface area contributed by atoms with Gasteiger partial charge in [0.1, 0.15) is 11.3 Å². The molecular weight excluding hydrogens is 204 g/mol. The summed E-state index contributed by atoms with van der Waals surface area (Å²) in [6.07, 6.45) is 2.29. The highest BCUT2D eigenvalue weighted by molar-refractivity contribution is 8.00. The second-order valence-electron chi connectivity index (χ2n) is 2.55. The van der Waals surface area contributed by atoms with E-state index in [1.54, 1.807) is 28.6 Å². The van der Waals surface area contributed by atoms with Crippen LogP contribution in [-0.2, 0) is 4.79 Å². The third-order valence-corrected chi connectivity index (χ3v) is 3.51. The van der Waals surface area contributed by atoms with Crippen LogP contribution in [0.5, 0.6) is 0 Å². The van der Waals surface area contributed by atoms with Crippen molar-refractivity contribution in [2.24, 2.45) is 0 Å². The molecular formula is C8H12N2OS2. The van der Waals surface area contributed by atoms with Crippen LogP contribution >= 0.6 is 23.1 Å². The van der Waals surface area contributed by atoms with Crippen LogP contribution in [0.1, 0.15) is 26.2 Å². The third-order valence-electron chi connectivity index (χ3n) is 1.56. The molecule has 0 N–H and O–H groups in total. The van der Waals surface area contributed by atoms with Gasteiger partial charge in [-0.3, -0.25) is 4.79 Å². The lowest BCUT2D eigenvalue weighted by molar-refractivity contribution is -0.118. The Balaban J connectivity index is 2.05. The SMILES string of the molecule is CCC(=O)CCCSc1nncs1. The van der Waals surface area contributed by atoms with Gasteiger partial charge in [-0.25, -0.2) is 0 Å². The molecule has 0 aliphatic carbocycles. The van der Waals surface area contributed by atoms with Gasteiger partial charge < -0.3 is 0 Å². The fourth-order valence-corrected chi connectivity index (χ4v) is 2.33. The van der Waals surface area contributed by atoms with Crippen molar-refractivity contribution in [2.45, 2.75) is 30.5 Å². The largest absolute Gasteiger partial charge is 0.300 e. The van der Waals surface area contributed by atoms with E-state index in [4.69, 9.17) is 0 Å². The van der Waals surface area contributed by atoms with E-state index in [1.807, 2.05) is 6.92 Å². The Hall–Kier alpha value is -0.420. The van der Waals surface area contributed by atoms with E-state index in [9.17, 15) is 4.79 Å². The molecule has 1 rings (SSSR count). The molecule has 1 heterocycles. The predicted molar refractivity (Wildman–Crippen MR) is 55.2 cm³/mol. The summed E-state index contributed by atoms with van der Waals surface area (Å²) in [6.45, 7) is 1.90. The van der Waals surface area contributed by atoms with Crippen molar-refractivity contribution in [3.63, 3.8) is 0 Å².